The molecule has 1 saturated heterocycles. The molecule has 2 N–H and O–H groups in total. The van der Waals surface area contributed by atoms with Crippen LogP contribution in [0, 0.1) is 13.8 Å². The second-order valence-electron chi connectivity index (χ2n) is 13.4. The van der Waals surface area contributed by atoms with E-state index in [2.05, 4.69) is 40.8 Å². The van der Waals surface area contributed by atoms with Crippen LogP contribution in [0.25, 0.3) is 0 Å². The number of anilines is 1. The highest BCUT2D eigenvalue weighted by Gasteiger charge is 2.40. The molecule has 11 heteroatoms. The van der Waals surface area contributed by atoms with Crippen molar-refractivity contribution < 1.29 is 17.9 Å². The molecule has 1 fully saturated rings. The molecule has 0 spiro atoms. The number of unbranched alkanes of at least 4 members (excludes halogenated alkanes) is 1. The molecular formula is C36H52N6O4S. The van der Waals surface area contributed by atoms with E-state index in [4.69, 9.17) is 15.2 Å². The van der Waals surface area contributed by atoms with Gasteiger partial charge in [-0.15, -0.1) is 0 Å². The van der Waals surface area contributed by atoms with Crippen LogP contribution in [0.3, 0.4) is 0 Å². The van der Waals surface area contributed by atoms with Crippen molar-refractivity contribution in [2.24, 2.45) is 5.73 Å². The predicted octanol–water partition coefficient (Wildman–Crippen LogP) is 5.28. The van der Waals surface area contributed by atoms with Gasteiger partial charge in [0.1, 0.15) is 18.2 Å². The first-order valence-electron chi connectivity index (χ1n) is 16.9. The van der Waals surface area contributed by atoms with Crippen LogP contribution in [0.5, 0.6) is 11.6 Å². The van der Waals surface area contributed by atoms with E-state index in [0.29, 0.717) is 46.2 Å². The number of nitrogens with zero attached hydrogens (tertiary/aromatic N) is 5. The molecule has 0 radical (unpaired) electrons. The Kier molecular flexibility index (Phi) is 11.1. The van der Waals surface area contributed by atoms with Gasteiger partial charge in [0.15, 0.2) is 0 Å². The molecule has 3 heterocycles. The van der Waals surface area contributed by atoms with Crippen LogP contribution in [-0.2, 0) is 16.4 Å². The van der Waals surface area contributed by atoms with E-state index < -0.39 is 16.1 Å². The predicted molar refractivity (Wildman–Crippen MR) is 187 cm³/mol. The zero-order chi connectivity index (χ0) is 33.8. The van der Waals surface area contributed by atoms with Gasteiger partial charge in [-0.25, -0.2) is 13.4 Å². The summed E-state index contributed by atoms with van der Waals surface area (Å²) in [7, 11) is 2.11. The average Bonchev–Trinajstić information content (AvgIpc) is 3.45. The first-order valence-corrected chi connectivity index (χ1v) is 18.3. The number of likely N-dealkylation sites (tertiary alicyclic amines) is 1. The average molecular weight is 665 g/mol. The molecule has 5 rings (SSSR count). The SMILES string of the molecule is CCCCC1(N(C)C)CCN(CCC(N)c2nccc(OC[C@@H]3Cc4ccccc4N3S(=O)(=O)c3c(C)cc(OC)cc3C)n2)CC1. The van der Waals surface area contributed by atoms with E-state index in [1.807, 2.05) is 24.3 Å². The number of hydrogen-bond donors (Lipinski definition) is 1. The number of nitrogens with two attached hydrogens (primary N) is 1. The van der Waals surface area contributed by atoms with Crippen molar-refractivity contribution >= 4 is 15.7 Å². The quantitative estimate of drug-likeness (QED) is 0.246. The van der Waals surface area contributed by atoms with E-state index in [9.17, 15) is 8.42 Å². The summed E-state index contributed by atoms with van der Waals surface area (Å²) in [5.41, 5.74) is 9.81. The topological polar surface area (TPSA) is 114 Å². The van der Waals surface area contributed by atoms with Gasteiger partial charge in [-0.2, -0.15) is 4.98 Å². The Morgan fingerprint density at radius 1 is 1.11 bits per heavy atom. The number of methoxy groups -OCH3 is 1. The van der Waals surface area contributed by atoms with Crippen LogP contribution in [0.2, 0.25) is 0 Å². The largest absolute Gasteiger partial charge is 0.497 e. The Hall–Kier alpha value is -3.25. The Labute approximate surface area is 281 Å². The number of para-hydroxylation sites is 1. The lowest BCUT2D eigenvalue weighted by Gasteiger charge is -2.46. The summed E-state index contributed by atoms with van der Waals surface area (Å²) in [6.45, 7) is 9.03. The monoisotopic (exact) mass is 664 g/mol. The summed E-state index contributed by atoms with van der Waals surface area (Å²) in [6, 6.07) is 12.1. The molecule has 1 unspecified atom stereocenters. The van der Waals surface area contributed by atoms with E-state index in [0.717, 1.165) is 31.6 Å². The van der Waals surface area contributed by atoms with Crippen LogP contribution in [0.15, 0.2) is 53.6 Å². The third kappa shape index (κ3) is 7.58. The highest BCUT2D eigenvalue weighted by atomic mass is 32.2. The molecule has 2 aliphatic rings. The molecule has 0 amide bonds. The normalized spacial score (nSPS) is 18.7. The molecule has 2 aliphatic heterocycles. The molecule has 0 aliphatic carbocycles. The molecule has 0 bridgehead atoms. The summed E-state index contributed by atoms with van der Waals surface area (Å²) < 4.78 is 41.7. The van der Waals surface area contributed by atoms with Gasteiger partial charge in [0.05, 0.1) is 29.8 Å². The van der Waals surface area contributed by atoms with Crippen molar-refractivity contribution in [3.63, 3.8) is 0 Å². The lowest BCUT2D eigenvalue weighted by molar-refractivity contribution is 0.0463. The molecule has 0 saturated carbocycles. The standard InChI is InChI=1S/C36H52N6O4S/c1-7-8-15-36(40(4)5)16-20-41(21-17-36)19-14-31(37)35-38-18-13-33(39-35)46-25-29-24-28-11-9-10-12-32(28)42(29)47(43,44)34-26(2)22-30(45-6)23-27(34)3/h9-13,18,22-23,29,31H,7-8,14-17,19-21,24-25,37H2,1-6H3/t29-,31?/m0/s1. The molecular weight excluding hydrogens is 613 g/mol. The fourth-order valence-electron chi connectivity index (χ4n) is 7.29. The lowest BCUT2D eigenvalue weighted by Crippen LogP contribution is -2.52. The second kappa shape index (κ2) is 14.9. The lowest BCUT2D eigenvalue weighted by atomic mass is 9.81. The maximum Gasteiger partial charge on any atom is 0.265 e. The zero-order valence-corrected chi connectivity index (χ0v) is 29.7. The van der Waals surface area contributed by atoms with Crippen LogP contribution in [-0.4, -0.2) is 87.2 Å². The van der Waals surface area contributed by atoms with Gasteiger partial charge in [0.2, 0.25) is 5.88 Å². The minimum absolute atomic E-state index is 0.132. The maximum absolute atomic E-state index is 14.3. The highest BCUT2D eigenvalue weighted by molar-refractivity contribution is 7.93. The van der Waals surface area contributed by atoms with Gasteiger partial charge < -0.3 is 25.0 Å². The molecule has 2 aromatic carbocycles. The van der Waals surface area contributed by atoms with E-state index in [1.54, 1.807) is 45.4 Å². The van der Waals surface area contributed by atoms with Crippen molar-refractivity contribution in [1.29, 1.82) is 0 Å². The molecule has 10 nitrogen and oxygen atoms in total. The fourth-order valence-corrected chi connectivity index (χ4v) is 9.38. The zero-order valence-electron chi connectivity index (χ0n) is 28.9. The number of benzene rings is 2. The summed E-state index contributed by atoms with van der Waals surface area (Å²) in [5.74, 6) is 1.55. The Balaban J connectivity index is 1.24. The van der Waals surface area contributed by atoms with Crippen LogP contribution < -0.4 is 19.5 Å². The van der Waals surface area contributed by atoms with E-state index in [1.165, 1.54) is 36.4 Å². The van der Waals surface area contributed by atoms with Crippen molar-refractivity contribution in [1.82, 2.24) is 19.8 Å². The van der Waals surface area contributed by atoms with E-state index >= 15 is 0 Å². The second-order valence-corrected chi connectivity index (χ2v) is 15.2. The number of sulfonamides is 1. The van der Waals surface area contributed by atoms with Gasteiger partial charge in [0, 0.05) is 24.3 Å². The number of aromatic nitrogens is 2. The van der Waals surface area contributed by atoms with Crippen LogP contribution in [0.4, 0.5) is 5.69 Å². The molecule has 256 valence electrons. The molecule has 2 atom stereocenters. The Morgan fingerprint density at radius 3 is 2.47 bits per heavy atom. The summed E-state index contributed by atoms with van der Waals surface area (Å²) in [4.78, 5) is 14.4. The number of ether oxygens (including phenoxy) is 2. The Bertz CT molecular complexity index is 1600. The van der Waals surface area contributed by atoms with Gasteiger partial charge in [0.25, 0.3) is 10.0 Å². The number of fused-ring (bicyclic) bond motifs is 1. The minimum atomic E-state index is -3.91. The van der Waals surface area contributed by atoms with Crippen LogP contribution in [0.1, 0.15) is 74.0 Å². The molecule has 3 aromatic rings. The van der Waals surface area contributed by atoms with Gasteiger partial charge in [-0.05, 0) is 108 Å². The van der Waals surface area contributed by atoms with E-state index in [-0.39, 0.29) is 17.5 Å². The summed E-state index contributed by atoms with van der Waals surface area (Å²) in [6.07, 6.45) is 9.03. The molecule has 47 heavy (non-hydrogen) atoms. The minimum Gasteiger partial charge on any atom is -0.497 e. The van der Waals surface area contributed by atoms with Crippen molar-refractivity contribution in [3.8, 4) is 11.6 Å². The summed E-state index contributed by atoms with van der Waals surface area (Å²) >= 11 is 0. The third-order valence-electron chi connectivity index (χ3n) is 10.1. The number of aryl methyl sites for hydroxylation is 2. The number of piperidine rings is 1. The first-order chi connectivity index (χ1) is 22.5. The van der Waals surface area contributed by atoms with Crippen LogP contribution >= 0.6 is 0 Å². The van der Waals surface area contributed by atoms with Crippen molar-refractivity contribution in [3.05, 3.63) is 71.2 Å². The smallest absolute Gasteiger partial charge is 0.265 e. The van der Waals surface area contributed by atoms with Gasteiger partial charge >= 0.3 is 0 Å². The van der Waals surface area contributed by atoms with Gasteiger partial charge in [-0.3, -0.25) is 4.31 Å². The summed E-state index contributed by atoms with van der Waals surface area (Å²) in [5, 5.41) is 0. The first kappa shape index (κ1) is 35.1. The maximum atomic E-state index is 14.3. The fraction of sp³-hybridized carbons (Fsp3) is 0.556. The third-order valence-corrected chi connectivity index (χ3v) is 12.3. The number of rotatable bonds is 14. The Morgan fingerprint density at radius 2 is 1.81 bits per heavy atom. The van der Waals surface area contributed by atoms with Gasteiger partial charge in [-0.1, -0.05) is 38.0 Å². The highest BCUT2D eigenvalue weighted by Crippen LogP contribution is 2.39. The van der Waals surface area contributed by atoms with Crippen molar-refractivity contribution in [2.75, 3.05) is 51.8 Å². The molecule has 1 aromatic heterocycles. The number of hydrogen-bond acceptors (Lipinski definition) is 9. The van der Waals surface area contributed by atoms with Crippen molar-refractivity contribution in [2.45, 2.75) is 88.2 Å².